The highest BCUT2D eigenvalue weighted by molar-refractivity contribution is 5.76. The highest BCUT2D eigenvalue weighted by Crippen LogP contribution is 2.32. The molecule has 25 heavy (non-hydrogen) atoms. The summed E-state index contributed by atoms with van der Waals surface area (Å²) in [5.41, 5.74) is 3.15. The van der Waals surface area contributed by atoms with Gasteiger partial charge in [0.1, 0.15) is 0 Å². The molecule has 2 atom stereocenters. The average Bonchev–Trinajstić information content (AvgIpc) is 3.21. The molecule has 0 unspecified atom stereocenters. The molecule has 0 radical (unpaired) electrons. The number of likely N-dealkylation sites (tertiary alicyclic amines) is 1. The summed E-state index contributed by atoms with van der Waals surface area (Å²) in [5.74, 6) is -0.305. The molecule has 0 spiro atoms. The third-order valence-corrected chi connectivity index (χ3v) is 5.62. The zero-order valence-corrected chi connectivity index (χ0v) is 15.0. The van der Waals surface area contributed by atoms with E-state index >= 15 is 0 Å². The van der Waals surface area contributed by atoms with E-state index in [1.807, 2.05) is 18.7 Å². The van der Waals surface area contributed by atoms with Crippen molar-refractivity contribution in [3.05, 3.63) is 17.0 Å². The molecule has 0 saturated carbocycles. The Morgan fingerprint density at radius 2 is 1.96 bits per heavy atom. The van der Waals surface area contributed by atoms with Crippen molar-refractivity contribution in [1.82, 2.24) is 15.1 Å². The number of H-pyrrole nitrogens is 1. The summed E-state index contributed by atoms with van der Waals surface area (Å²) < 4.78 is 5.67. The van der Waals surface area contributed by atoms with Gasteiger partial charge in [-0.05, 0) is 57.4 Å². The zero-order valence-electron chi connectivity index (χ0n) is 15.0. The SMILES string of the molecule is Cc1n[nH]c(C)c1CCC(=O)N1CCC([C@@H]2CC[C@H](C(=O)O)O2)CC1. The molecule has 7 nitrogen and oxygen atoms in total. The van der Waals surface area contributed by atoms with Crippen LogP contribution < -0.4 is 0 Å². The number of carbonyl (C=O) groups is 2. The summed E-state index contributed by atoms with van der Waals surface area (Å²) in [5, 5.41) is 16.2. The monoisotopic (exact) mass is 349 g/mol. The number of aryl methyl sites for hydroxylation is 2. The molecule has 7 heteroatoms. The Bertz CT molecular complexity index is 615. The van der Waals surface area contributed by atoms with Gasteiger partial charge in [-0.25, -0.2) is 4.79 Å². The number of carboxylic acids is 1. The first-order chi connectivity index (χ1) is 12.0. The van der Waals surface area contributed by atoms with Crippen LogP contribution in [-0.4, -0.2) is 57.4 Å². The molecular weight excluding hydrogens is 322 g/mol. The van der Waals surface area contributed by atoms with Crippen molar-refractivity contribution in [3.8, 4) is 0 Å². The van der Waals surface area contributed by atoms with Crippen molar-refractivity contribution in [2.24, 2.45) is 5.92 Å². The second-order valence-corrected chi connectivity index (χ2v) is 7.21. The molecule has 1 aromatic rings. The van der Waals surface area contributed by atoms with Gasteiger partial charge < -0.3 is 14.7 Å². The Kier molecular flexibility index (Phi) is 5.42. The van der Waals surface area contributed by atoms with Crippen molar-refractivity contribution in [2.45, 2.75) is 64.6 Å². The van der Waals surface area contributed by atoms with Gasteiger partial charge in [0.25, 0.3) is 0 Å². The quantitative estimate of drug-likeness (QED) is 0.845. The highest BCUT2D eigenvalue weighted by Gasteiger charge is 2.37. The van der Waals surface area contributed by atoms with Crippen LogP contribution in [0.1, 0.15) is 49.1 Å². The fourth-order valence-corrected chi connectivity index (χ4v) is 4.04. The van der Waals surface area contributed by atoms with E-state index in [1.165, 1.54) is 0 Å². The normalized spacial score (nSPS) is 24.6. The van der Waals surface area contributed by atoms with Crippen molar-refractivity contribution < 1.29 is 19.4 Å². The molecule has 3 rings (SSSR count). The summed E-state index contributed by atoms with van der Waals surface area (Å²) in [4.78, 5) is 25.4. The maximum atomic E-state index is 12.5. The smallest absolute Gasteiger partial charge is 0.332 e. The number of hydrogen-bond donors (Lipinski definition) is 2. The van der Waals surface area contributed by atoms with Crippen LogP contribution in [0.4, 0.5) is 0 Å². The number of carboxylic acid groups (broad SMARTS) is 1. The van der Waals surface area contributed by atoms with Crippen molar-refractivity contribution >= 4 is 11.9 Å². The number of ether oxygens (including phenoxy) is 1. The topological polar surface area (TPSA) is 95.5 Å². The number of aromatic amines is 1. The van der Waals surface area contributed by atoms with Gasteiger partial charge in [-0.1, -0.05) is 0 Å². The second-order valence-electron chi connectivity index (χ2n) is 7.21. The predicted octanol–water partition coefficient (Wildman–Crippen LogP) is 1.83. The number of aromatic nitrogens is 2. The van der Waals surface area contributed by atoms with E-state index in [0.29, 0.717) is 18.8 Å². The van der Waals surface area contributed by atoms with Crippen LogP contribution in [0.15, 0.2) is 0 Å². The van der Waals surface area contributed by atoms with E-state index in [0.717, 1.165) is 55.7 Å². The molecule has 0 aromatic carbocycles. The lowest BCUT2D eigenvalue weighted by Crippen LogP contribution is -2.41. The molecule has 0 aliphatic carbocycles. The predicted molar refractivity (Wildman–Crippen MR) is 91.2 cm³/mol. The second kappa shape index (κ2) is 7.56. The highest BCUT2D eigenvalue weighted by atomic mass is 16.5. The number of piperidine rings is 1. The minimum absolute atomic E-state index is 0.0366. The van der Waals surface area contributed by atoms with E-state index in [9.17, 15) is 9.59 Å². The molecule has 3 heterocycles. The van der Waals surface area contributed by atoms with Crippen molar-refractivity contribution in [2.75, 3.05) is 13.1 Å². The third-order valence-electron chi connectivity index (χ3n) is 5.62. The minimum atomic E-state index is -0.861. The van der Waals surface area contributed by atoms with Crippen LogP contribution in [0.25, 0.3) is 0 Å². The number of carbonyl (C=O) groups excluding carboxylic acids is 1. The average molecular weight is 349 g/mol. The molecule has 2 fully saturated rings. The van der Waals surface area contributed by atoms with E-state index in [-0.39, 0.29) is 12.0 Å². The van der Waals surface area contributed by atoms with E-state index in [4.69, 9.17) is 9.84 Å². The van der Waals surface area contributed by atoms with Gasteiger partial charge in [0.05, 0.1) is 11.8 Å². The fraction of sp³-hybridized carbons (Fsp3) is 0.722. The zero-order chi connectivity index (χ0) is 18.0. The van der Waals surface area contributed by atoms with Crippen LogP contribution in [-0.2, 0) is 20.7 Å². The Morgan fingerprint density at radius 1 is 1.24 bits per heavy atom. The molecule has 0 bridgehead atoms. The fourth-order valence-electron chi connectivity index (χ4n) is 4.04. The van der Waals surface area contributed by atoms with E-state index < -0.39 is 12.1 Å². The summed E-state index contributed by atoms with van der Waals surface area (Å²) >= 11 is 0. The number of aliphatic carboxylic acids is 1. The molecule has 2 aliphatic heterocycles. The molecular formula is C18H27N3O4. The van der Waals surface area contributed by atoms with Crippen LogP contribution >= 0.6 is 0 Å². The van der Waals surface area contributed by atoms with Gasteiger partial charge in [-0.3, -0.25) is 9.89 Å². The van der Waals surface area contributed by atoms with E-state index in [2.05, 4.69) is 10.2 Å². The third kappa shape index (κ3) is 4.03. The standard InChI is InChI=1S/C18H27N3O4/c1-11-14(12(2)20-19-11)3-6-17(22)21-9-7-13(8-10-21)15-4-5-16(25-15)18(23)24/h13,15-16H,3-10H2,1-2H3,(H,19,20)(H,23,24)/t15-,16+/m0/s1. The summed E-state index contributed by atoms with van der Waals surface area (Å²) in [6.45, 7) is 5.42. The first-order valence-corrected chi connectivity index (χ1v) is 9.12. The van der Waals surface area contributed by atoms with Crippen molar-refractivity contribution in [1.29, 1.82) is 0 Å². The summed E-state index contributed by atoms with van der Waals surface area (Å²) in [6.07, 6.45) is 3.82. The summed E-state index contributed by atoms with van der Waals surface area (Å²) in [7, 11) is 0. The Balaban J connectivity index is 1.44. The van der Waals surface area contributed by atoms with Crippen LogP contribution in [0.2, 0.25) is 0 Å². The number of rotatable bonds is 5. The first-order valence-electron chi connectivity index (χ1n) is 9.12. The van der Waals surface area contributed by atoms with Gasteiger partial charge in [0.15, 0.2) is 6.10 Å². The summed E-state index contributed by atoms with van der Waals surface area (Å²) in [6, 6.07) is 0. The number of hydrogen-bond acceptors (Lipinski definition) is 4. The van der Waals surface area contributed by atoms with Crippen LogP contribution in [0.5, 0.6) is 0 Å². The Hall–Kier alpha value is -1.89. The van der Waals surface area contributed by atoms with E-state index in [1.54, 1.807) is 0 Å². The molecule has 2 N–H and O–H groups in total. The maximum absolute atomic E-state index is 12.5. The Labute approximate surface area is 147 Å². The molecule has 138 valence electrons. The molecule has 2 saturated heterocycles. The van der Waals surface area contributed by atoms with Gasteiger partial charge >= 0.3 is 5.97 Å². The van der Waals surface area contributed by atoms with Crippen LogP contribution in [0.3, 0.4) is 0 Å². The first kappa shape index (κ1) is 17.9. The van der Waals surface area contributed by atoms with Gasteiger partial charge in [0, 0.05) is 25.2 Å². The molecule has 1 aromatic heterocycles. The molecule has 2 aliphatic rings. The Morgan fingerprint density at radius 3 is 2.52 bits per heavy atom. The van der Waals surface area contributed by atoms with Gasteiger partial charge in [-0.15, -0.1) is 0 Å². The van der Waals surface area contributed by atoms with Crippen LogP contribution in [0, 0.1) is 19.8 Å². The number of nitrogens with one attached hydrogen (secondary N) is 1. The number of amides is 1. The minimum Gasteiger partial charge on any atom is -0.479 e. The largest absolute Gasteiger partial charge is 0.479 e. The number of nitrogens with zero attached hydrogens (tertiary/aromatic N) is 2. The van der Waals surface area contributed by atoms with Gasteiger partial charge in [-0.2, -0.15) is 5.10 Å². The lowest BCUT2D eigenvalue weighted by Gasteiger charge is -2.34. The molecule has 1 amide bonds. The lowest BCUT2D eigenvalue weighted by molar-refractivity contribution is -0.151. The maximum Gasteiger partial charge on any atom is 0.332 e. The van der Waals surface area contributed by atoms with Gasteiger partial charge in [0.2, 0.25) is 5.91 Å². The van der Waals surface area contributed by atoms with Crippen molar-refractivity contribution in [3.63, 3.8) is 0 Å². The lowest BCUT2D eigenvalue weighted by atomic mass is 9.89.